The van der Waals surface area contributed by atoms with Crippen LogP contribution in [-0.2, 0) is 11.3 Å². The van der Waals surface area contributed by atoms with Crippen LogP contribution in [0.5, 0.6) is 0 Å². The smallest absolute Gasteiger partial charge is 0.266 e. The Kier molecular flexibility index (Phi) is 5.63. The molecule has 0 bridgehead atoms. The van der Waals surface area contributed by atoms with E-state index in [1.54, 1.807) is 18.2 Å². The molecule has 3 aromatic carbocycles. The van der Waals surface area contributed by atoms with E-state index in [4.69, 9.17) is 0 Å². The summed E-state index contributed by atoms with van der Waals surface area (Å²) in [5, 5.41) is 13.3. The number of nitrogens with zero attached hydrogens (tertiary/aromatic N) is 2. The van der Waals surface area contributed by atoms with E-state index < -0.39 is 5.91 Å². The van der Waals surface area contributed by atoms with Gasteiger partial charge in [-0.05, 0) is 48.4 Å². The first-order valence-electron chi connectivity index (χ1n) is 9.86. The molecule has 1 N–H and O–H groups in total. The average molecular weight is 409 g/mol. The molecular weight excluding hydrogens is 389 g/mol. The molecule has 4 aromatic rings. The van der Waals surface area contributed by atoms with Crippen LogP contribution in [0.1, 0.15) is 16.7 Å². The Morgan fingerprint density at radius 2 is 1.87 bits per heavy atom. The number of hydrogen-bond donors (Lipinski definition) is 1. The number of rotatable bonds is 5. The Hall–Kier alpha value is -4.17. The van der Waals surface area contributed by atoms with Crippen LogP contribution in [0.25, 0.3) is 17.0 Å². The molecule has 0 spiro atoms. The maximum absolute atomic E-state index is 13.6. The van der Waals surface area contributed by atoms with Crippen molar-refractivity contribution in [1.29, 1.82) is 5.26 Å². The number of amides is 1. The third kappa shape index (κ3) is 4.39. The second kappa shape index (κ2) is 8.68. The maximum atomic E-state index is 13.6. The minimum atomic E-state index is -0.459. The number of hydrogen-bond acceptors (Lipinski definition) is 2. The summed E-state index contributed by atoms with van der Waals surface area (Å²) in [5.74, 6) is -0.743. The van der Waals surface area contributed by atoms with Crippen LogP contribution in [0, 0.1) is 24.1 Å². The number of carbonyl (C=O) groups is 1. The van der Waals surface area contributed by atoms with Gasteiger partial charge in [0.05, 0.1) is 0 Å². The predicted molar refractivity (Wildman–Crippen MR) is 121 cm³/mol. The van der Waals surface area contributed by atoms with E-state index in [-0.39, 0.29) is 11.4 Å². The lowest BCUT2D eigenvalue weighted by Crippen LogP contribution is -2.14. The molecule has 1 heterocycles. The molecule has 31 heavy (non-hydrogen) atoms. The van der Waals surface area contributed by atoms with E-state index in [9.17, 15) is 14.4 Å². The van der Waals surface area contributed by atoms with Gasteiger partial charge in [0.1, 0.15) is 17.5 Å². The molecule has 0 aliphatic rings. The largest absolute Gasteiger partial charge is 0.342 e. The highest BCUT2D eigenvalue weighted by molar-refractivity contribution is 6.11. The van der Waals surface area contributed by atoms with Crippen molar-refractivity contribution in [2.75, 3.05) is 5.32 Å². The lowest BCUT2D eigenvalue weighted by Gasteiger charge is -2.07. The minimum Gasteiger partial charge on any atom is -0.342 e. The lowest BCUT2D eigenvalue weighted by molar-refractivity contribution is -0.112. The van der Waals surface area contributed by atoms with Crippen LogP contribution in [0.3, 0.4) is 0 Å². The molecule has 4 rings (SSSR count). The number of anilines is 1. The maximum Gasteiger partial charge on any atom is 0.266 e. The minimum absolute atomic E-state index is 0.0110. The van der Waals surface area contributed by atoms with Gasteiger partial charge in [-0.2, -0.15) is 5.26 Å². The number of para-hydroxylation sites is 2. The fraction of sp³-hybridized carbons (Fsp3) is 0.0769. The van der Waals surface area contributed by atoms with Crippen LogP contribution in [0.4, 0.5) is 10.1 Å². The number of nitriles is 1. The standard InChI is InChI=1S/C26H20FN3O/c1-18-7-2-4-11-24(18)29-26(31)20(15-28)14-21-17-30(25-12-5-3-10-23(21)25)16-19-8-6-9-22(27)13-19/h2-14,17H,16H2,1H3,(H,29,31)/b20-14+. The Morgan fingerprint density at radius 3 is 2.65 bits per heavy atom. The second-order valence-corrected chi connectivity index (χ2v) is 7.30. The SMILES string of the molecule is Cc1ccccc1NC(=O)/C(C#N)=C/c1cn(Cc2cccc(F)c2)c2ccccc12. The Balaban J connectivity index is 1.69. The molecule has 4 nitrogen and oxygen atoms in total. The van der Waals surface area contributed by atoms with Gasteiger partial charge in [-0.25, -0.2) is 4.39 Å². The quantitative estimate of drug-likeness (QED) is 0.340. The molecule has 0 radical (unpaired) electrons. The molecule has 0 saturated carbocycles. The first-order valence-corrected chi connectivity index (χ1v) is 9.86. The van der Waals surface area contributed by atoms with Crippen LogP contribution in [0.2, 0.25) is 0 Å². The fourth-order valence-corrected chi connectivity index (χ4v) is 3.56. The second-order valence-electron chi connectivity index (χ2n) is 7.30. The van der Waals surface area contributed by atoms with E-state index in [1.165, 1.54) is 12.1 Å². The van der Waals surface area contributed by atoms with Gasteiger partial charge in [0.2, 0.25) is 0 Å². The van der Waals surface area contributed by atoms with Gasteiger partial charge in [0, 0.05) is 34.9 Å². The van der Waals surface area contributed by atoms with E-state index in [0.717, 1.165) is 27.6 Å². The highest BCUT2D eigenvalue weighted by atomic mass is 19.1. The van der Waals surface area contributed by atoms with Crippen molar-refractivity contribution in [3.05, 3.63) is 107 Å². The van der Waals surface area contributed by atoms with Crippen LogP contribution < -0.4 is 5.32 Å². The summed E-state index contributed by atoms with van der Waals surface area (Å²) >= 11 is 0. The van der Waals surface area contributed by atoms with Gasteiger partial charge in [-0.15, -0.1) is 0 Å². The van der Waals surface area contributed by atoms with Gasteiger partial charge in [0.15, 0.2) is 0 Å². The number of fused-ring (bicyclic) bond motifs is 1. The van der Waals surface area contributed by atoms with Gasteiger partial charge in [-0.1, -0.05) is 48.5 Å². The summed E-state index contributed by atoms with van der Waals surface area (Å²) in [4.78, 5) is 12.7. The molecule has 1 amide bonds. The molecule has 0 atom stereocenters. The van der Waals surface area contributed by atoms with Crippen molar-refractivity contribution in [3.63, 3.8) is 0 Å². The monoisotopic (exact) mass is 409 g/mol. The molecule has 0 aliphatic heterocycles. The number of aromatic nitrogens is 1. The summed E-state index contributed by atoms with van der Waals surface area (Å²) in [5.41, 5.74) is 4.12. The highest BCUT2D eigenvalue weighted by Gasteiger charge is 2.14. The van der Waals surface area contributed by atoms with Crippen LogP contribution in [0.15, 0.2) is 84.6 Å². The molecule has 0 aliphatic carbocycles. The summed E-state index contributed by atoms with van der Waals surface area (Å²) in [6.07, 6.45) is 3.48. The zero-order valence-electron chi connectivity index (χ0n) is 17.0. The van der Waals surface area contributed by atoms with Gasteiger partial charge in [0.25, 0.3) is 5.91 Å². The topological polar surface area (TPSA) is 57.8 Å². The number of nitrogens with one attached hydrogen (secondary N) is 1. The normalized spacial score (nSPS) is 11.3. The van der Waals surface area contributed by atoms with Gasteiger partial charge < -0.3 is 9.88 Å². The molecule has 0 unspecified atom stereocenters. The van der Waals surface area contributed by atoms with Crippen molar-refractivity contribution in [1.82, 2.24) is 4.57 Å². The van der Waals surface area contributed by atoms with E-state index in [1.807, 2.05) is 72.3 Å². The molecule has 5 heteroatoms. The van der Waals surface area contributed by atoms with Crippen molar-refractivity contribution >= 4 is 28.6 Å². The Labute approximate surface area is 179 Å². The first kappa shape index (κ1) is 20.1. The molecule has 1 aromatic heterocycles. The van der Waals surface area contributed by atoms with Crippen molar-refractivity contribution in [3.8, 4) is 6.07 Å². The Bertz CT molecular complexity index is 1340. The van der Waals surface area contributed by atoms with E-state index in [2.05, 4.69) is 5.32 Å². The van der Waals surface area contributed by atoms with Crippen LogP contribution >= 0.6 is 0 Å². The average Bonchev–Trinajstić information content (AvgIpc) is 3.11. The summed E-state index contributed by atoms with van der Waals surface area (Å²) in [6.45, 7) is 2.37. The molecule has 152 valence electrons. The lowest BCUT2D eigenvalue weighted by atomic mass is 10.1. The fourth-order valence-electron chi connectivity index (χ4n) is 3.56. The summed E-state index contributed by atoms with van der Waals surface area (Å²) < 4.78 is 15.6. The predicted octanol–water partition coefficient (Wildman–Crippen LogP) is 5.68. The number of benzene rings is 3. The summed E-state index contributed by atoms with van der Waals surface area (Å²) in [7, 11) is 0. The highest BCUT2D eigenvalue weighted by Crippen LogP contribution is 2.25. The molecular formula is C26H20FN3O. The number of carbonyl (C=O) groups excluding carboxylic acids is 1. The van der Waals surface area contributed by atoms with Gasteiger partial charge >= 0.3 is 0 Å². The van der Waals surface area contributed by atoms with Crippen molar-refractivity contribution in [2.24, 2.45) is 0 Å². The summed E-state index contributed by atoms with van der Waals surface area (Å²) in [6, 6.07) is 23.6. The van der Waals surface area contributed by atoms with Crippen molar-refractivity contribution in [2.45, 2.75) is 13.5 Å². The first-order chi connectivity index (χ1) is 15.0. The van der Waals surface area contributed by atoms with Crippen molar-refractivity contribution < 1.29 is 9.18 Å². The number of aryl methyl sites for hydroxylation is 1. The number of halogens is 1. The van der Waals surface area contributed by atoms with E-state index in [0.29, 0.717) is 12.2 Å². The third-order valence-electron chi connectivity index (χ3n) is 5.12. The third-order valence-corrected chi connectivity index (χ3v) is 5.12. The van der Waals surface area contributed by atoms with Gasteiger partial charge in [-0.3, -0.25) is 4.79 Å². The zero-order chi connectivity index (χ0) is 21.8. The zero-order valence-corrected chi connectivity index (χ0v) is 17.0. The van der Waals surface area contributed by atoms with E-state index >= 15 is 0 Å². The van der Waals surface area contributed by atoms with Crippen LogP contribution in [-0.4, -0.2) is 10.5 Å². The molecule has 0 saturated heterocycles. The molecule has 0 fully saturated rings. The Morgan fingerprint density at radius 1 is 1.10 bits per heavy atom.